The Hall–Kier alpha value is -1.02. The summed E-state index contributed by atoms with van der Waals surface area (Å²) in [4.78, 5) is 2.82. The molecule has 0 radical (unpaired) electrons. The van der Waals surface area contributed by atoms with Gasteiger partial charge in [-0.2, -0.15) is 20.2 Å². The fourth-order valence-electron chi connectivity index (χ4n) is 5.36. The zero-order valence-corrected chi connectivity index (χ0v) is 20.5. The van der Waals surface area contributed by atoms with Gasteiger partial charge in [0.2, 0.25) is 0 Å². The van der Waals surface area contributed by atoms with Gasteiger partial charge in [-0.1, -0.05) is 19.1 Å². The molecule has 1 saturated heterocycles. The normalized spacial score (nSPS) is 23.9. The molecule has 7 heteroatoms. The van der Waals surface area contributed by atoms with Gasteiger partial charge in [0.15, 0.2) is 0 Å². The van der Waals surface area contributed by atoms with E-state index >= 15 is 0 Å². The van der Waals surface area contributed by atoms with Gasteiger partial charge in [-0.05, 0) is 74.8 Å². The third-order valence-corrected chi connectivity index (χ3v) is 7.09. The molecular formula is C23H36N2O3S2. The number of hydrogen-bond acceptors (Lipinski definition) is 4. The maximum Gasteiger partial charge on any atom is 0.261 e. The van der Waals surface area contributed by atoms with Crippen LogP contribution < -0.4 is 0 Å². The van der Waals surface area contributed by atoms with Crippen molar-refractivity contribution in [2.75, 3.05) is 31.4 Å². The number of benzene rings is 1. The molecule has 1 aliphatic carbocycles. The third-order valence-electron chi connectivity index (χ3n) is 6.28. The van der Waals surface area contributed by atoms with Crippen molar-refractivity contribution in [3.05, 3.63) is 35.5 Å². The van der Waals surface area contributed by atoms with E-state index in [1.54, 1.807) is 16.5 Å². The predicted molar refractivity (Wildman–Crippen MR) is 128 cm³/mol. The summed E-state index contributed by atoms with van der Waals surface area (Å²) in [5.74, 6) is 2.86. The largest absolute Gasteiger partial charge is 0.345 e. The number of aromatic nitrogens is 1. The van der Waals surface area contributed by atoms with Crippen molar-refractivity contribution in [1.29, 1.82) is 0 Å². The number of fused-ring (bicyclic) bond motifs is 2. The predicted octanol–water partition coefficient (Wildman–Crippen LogP) is 4.83. The van der Waals surface area contributed by atoms with Crippen molar-refractivity contribution in [3.8, 4) is 0 Å². The molecule has 0 unspecified atom stereocenters. The minimum absolute atomic E-state index is 0.530. The smallest absolute Gasteiger partial charge is 0.261 e. The molecule has 5 nitrogen and oxygen atoms in total. The van der Waals surface area contributed by atoms with Gasteiger partial charge in [-0.25, -0.2) is 0 Å². The highest BCUT2D eigenvalue weighted by Gasteiger charge is 2.40. The van der Waals surface area contributed by atoms with E-state index in [1.165, 1.54) is 43.6 Å². The Labute approximate surface area is 186 Å². The number of hydrogen-bond donors (Lipinski definition) is 1. The monoisotopic (exact) mass is 452 g/mol. The van der Waals surface area contributed by atoms with Crippen LogP contribution in [0.2, 0.25) is 0 Å². The fraction of sp³-hybridized carbons (Fsp3) is 0.652. The Morgan fingerprint density at radius 1 is 1.30 bits per heavy atom. The van der Waals surface area contributed by atoms with E-state index in [9.17, 15) is 8.42 Å². The minimum atomic E-state index is -3.67. The van der Waals surface area contributed by atoms with Crippen molar-refractivity contribution in [1.82, 2.24) is 9.47 Å². The van der Waals surface area contributed by atoms with Crippen molar-refractivity contribution < 1.29 is 13.0 Å². The second-order valence-electron chi connectivity index (χ2n) is 9.06. The van der Waals surface area contributed by atoms with E-state index in [0.29, 0.717) is 18.3 Å². The molecule has 4 rings (SSSR count). The number of piperidine rings is 1. The molecule has 0 bridgehead atoms. The number of thioether (sulfide) groups is 1. The van der Waals surface area contributed by atoms with Gasteiger partial charge >= 0.3 is 0 Å². The first-order valence-electron chi connectivity index (χ1n) is 10.9. The molecule has 1 N–H and O–H groups in total. The van der Waals surface area contributed by atoms with Crippen LogP contribution in [0.1, 0.15) is 56.7 Å². The summed E-state index contributed by atoms with van der Waals surface area (Å²) in [5.41, 5.74) is 4.68. The zero-order chi connectivity index (χ0) is 22.1. The molecule has 0 spiro atoms. The lowest BCUT2D eigenvalue weighted by Gasteiger charge is -2.47. The van der Waals surface area contributed by atoms with Gasteiger partial charge in [0.1, 0.15) is 0 Å². The summed E-state index contributed by atoms with van der Waals surface area (Å²) in [6.45, 7) is 9.49. The van der Waals surface area contributed by atoms with Gasteiger partial charge in [-0.15, -0.1) is 0 Å². The van der Waals surface area contributed by atoms with Crippen LogP contribution in [0, 0.1) is 5.92 Å². The average molecular weight is 453 g/mol. The highest BCUT2D eigenvalue weighted by atomic mass is 32.2. The maximum atomic E-state index is 9.19. The summed E-state index contributed by atoms with van der Waals surface area (Å²) < 4.78 is 28.4. The maximum absolute atomic E-state index is 9.19. The summed E-state index contributed by atoms with van der Waals surface area (Å²) in [5, 5.41) is 1.58. The fourth-order valence-corrected chi connectivity index (χ4v) is 6.07. The van der Waals surface area contributed by atoms with Gasteiger partial charge in [0, 0.05) is 41.6 Å². The van der Waals surface area contributed by atoms with Crippen molar-refractivity contribution in [2.24, 2.45) is 5.92 Å². The molecule has 30 heavy (non-hydrogen) atoms. The molecule has 2 aliphatic rings. The topological polar surface area (TPSA) is 62.5 Å². The van der Waals surface area contributed by atoms with E-state index < -0.39 is 10.1 Å². The number of nitrogens with zero attached hydrogens (tertiary/aromatic N) is 2. The summed E-state index contributed by atoms with van der Waals surface area (Å²) >= 11 is 2.02. The van der Waals surface area contributed by atoms with E-state index in [-0.39, 0.29) is 0 Å². The average Bonchev–Trinajstić information content (AvgIpc) is 3.02. The molecule has 1 aromatic heterocycles. The molecule has 1 aliphatic heterocycles. The molecule has 3 atom stereocenters. The van der Waals surface area contributed by atoms with E-state index in [4.69, 9.17) is 4.55 Å². The molecular weight excluding hydrogens is 416 g/mol. The first kappa shape index (κ1) is 23.6. The lowest BCUT2D eigenvalue weighted by atomic mass is 9.72. The summed E-state index contributed by atoms with van der Waals surface area (Å²) in [7, 11) is -3.67. The van der Waals surface area contributed by atoms with E-state index in [2.05, 4.69) is 60.9 Å². The van der Waals surface area contributed by atoms with Crippen LogP contribution in [0.25, 0.3) is 10.9 Å². The third kappa shape index (κ3) is 5.23. The summed E-state index contributed by atoms with van der Waals surface area (Å²) in [6.07, 6.45) is 9.30. The highest BCUT2D eigenvalue weighted by molar-refractivity contribution is 7.98. The highest BCUT2D eigenvalue weighted by Crippen LogP contribution is 2.46. The first-order valence-corrected chi connectivity index (χ1v) is 14.2. The molecule has 168 valence electrons. The Morgan fingerprint density at radius 3 is 2.60 bits per heavy atom. The van der Waals surface area contributed by atoms with Gasteiger partial charge in [-0.3, -0.25) is 9.45 Å². The molecule has 2 heterocycles. The molecule has 1 aromatic carbocycles. The number of rotatable bonds is 5. The summed E-state index contributed by atoms with van der Waals surface area (Å²) in [6, 6.07) is 8.29. The molecule has 0 saturated carbocycles. The van der Waals surface area contributed by atoms with E-state index in [0.717, 1.165) is 11.8 Å². The van der Waals surface area contributed by atoms with Gasteiger partial charge in [0.25, 0.3) is 10.1 Å². The molecule has 2 aromatic rings. The second kappa shape index (κ2) is 9.63. The van der Waals surface area contributed by atoms with Crippen LogP contribution in [0.15, 0.2) is 24.4 Å². The Morgan fingerprint density at radius 2 is 2.00 bits per heavy atom. The quantitative estimate of drug-likeness (QED) is 0.659. The van der Waals surface area contributed by atoms with Crippen LogP contribution in [0.3, 0.4) is 0 Å². The van der Waals surface area contributed by atoms with Gasteiger partial charge in [0.05, 0.1) is 6.26 Å². The van der Waals surface area contributed by atoms with Crippen molar-refractivity contribution in [2.45, 2.75) is 58.0 Å². The number of likely N-dealkylation sites (tertiary alicyclic amines) is 1. The van der Waals surface area contributed by atoms with Crippen LogP contribution in [-0.2, 0) is 16.5 Å². The van der Waals surface area contributed by atoms with Crippen molar-refractivity contribution >= 4 is 32.8 Å². The molecule has 0 amide bonds. The Bertz CT molecular complexity index is 960. The SMILES string of the molecule is CCCN1C[C@H](CSC)C[C@@H]2c3cccc4c3c(cn4C(C)C)C[C@H]21.CS(=O)(=O)O. The van der Waals surface area contributed by atoms with Crippen LogP contribution in [0.4, 0.5) is 0 Å². The van der Waals surface area contributed by atoms with Crippen LogP contribution in [-0.4, -0.2) is 59.8 Å². The van der Waals surface area contributed by atoms with Crippen LogP contribution >= 0.6 is 11.8 Å². The van der Waals surface area contributed by atoms with Crippen LogP contribution in [0.5, 0.6) is 0 Å². The van der Waals surface area contributed by atoms with E-state index in [1.807, 2.05) is 11.8 Å². The zero-order valence-electron chi connectivity index (χ0n) is 18.8. The first-order chi connectivity index (χ1) is 14.1. The second-order valence-corrected chi connectivity index (χ2v) is 11.4. The molecule has 1 fully saturated rings. The lowest BCUT2D eigenvalue weighted by molar-refractivity contribution is 0.0926. The van der Waals surface area contributed by atoms with Crippen molar-refractivity contribution in [3.63, 3.8) is 0 Å². The standard InChI is InChI=1S/C22H32N2S.CH4O3S/c1-5-9-23-12-16(14-25-4)10-19-18-7-6-8-20-22(18)17(11-21(19)23)13-24(20)15(2)3;1-5(2,3)4/h6-8,13,15-16,19,21H,5,9-12,14H2,1-4H3;1H3,(H,2,3,4)/t16-,19-,21-;/m1./s1. The lowest BCUT2D eigenvalue weighted by Crippen LogP contribution is -2.50. The Balaban J connectivity index is 0.000000461. The van der Waals surface area contributed by atoms with Gasteiger partial charge < -0.3 is 4.57 Å². The Kier molecular flexibility index (Phi) is 7.59. The minimum Gasteiger partial charge on any atom is -0.345 e.